The zero-order valence-electron chi connectivity index (χ0n) is 9.84. The molecule has 1 aromatic heterocycles. The van der Waals surface area contributed by atoms with Crippen molar-refractivity contribution in [2.45, 2.75) is 25.8 Å². The summed E-state index contributed by atoms with van der Waals surface area (Å²) < 4.78 is 6.99. The van der Waals surface area contributed by atoms with Gasteiger partial charge in [0.1, 0.15) is 0 Å². The van der Waals surface area contributed by atoms with Crippen LogP contribution >= 0.6 is 34.5 Å². The van der Waals surface area contributed by atoms with Crippen LogP contribution in [-0.2, 0) is 4.74 Å². The molecule has 96 valence electrons. The molecule has 1 atom stereocenters. The second kappa shape index (κ2) is 6.39. The summed E-state index contributed by atoms with van der Waals surface area (Å²) in [5.74, 6) is 0.590. The predicted octanol–water partition coefficient (Wildman–Crippen LogP) is 4.13. The number of rotatable bonds is 4. The Kier molecular flexibility index (Phi) is 5.12. The average molecular weight is 294 g/mol. The number of nitrogens with one attached hydrogen (secondary N) is 1. The minimum Gasteiger partial charge on any atom is -0.381 e. The highest BCUT2D eigenvalue weighted by Gasteiger charge is 2.27. The first-order valence-corrected chi connectivity index (χ1v) is 7.55. The summed E-state index contributed by atoms with van der Waals surface area (Å²) in [6.07, 6.45) is 2.17. The van der Waals surface area contributed by atoms with E-state index in [4.69, 9.17) is 27.9 Å². The van der Waals surface area contributed by atoms with Gasteiger partial charge in [0.15, 0.2) is 0 Å². The van der Waals surface area contributed by atoms with Crippen LogP contribution in [0.25, 0.3) is 0 Å². The van der Waals surface area contributed by atoms with Crippen molar-refractivity contribution in [3.05, 3.63) is 20.3 Å². The molecular formula is C12H17Cl2NOS. The van der Waals surface area contributed by atoms with Gasteiger partial charge in [0.25, 0.3) is 0 Å². The largest absolute Gasteiger partial charge is 0.381 e. The molecule has 1 aliphatic rings. The fraction of sp³-hybridized carbons (Fsp3) is 0.667. The third-order valence-electron chi connectivity index (χ3n) is 3.18. The van der Waals surface area contributed by atoms with E-state index in [1.165, 1.54) is 11.3 Å². The summed E-state index contributed by atoms with van der Waals surface area (Å²) in [5.41, 5.74) is 1.15. The lowest BCUT2D eigenvalue weighted by Gasteiger charge is -2.30. The second-order valence-electron chi connectivity index (χ2n) is 4.26. The van der Waals surface area contributed by atoms with Gasteiger partial charge < -0.3 is 10.1 Å². The number of ether oxygens (including phenoxy) is 1. The maximum absolute atomic E-state index is 6.26. The molecule has 0 saturated carbocycles. The van der Waals surface area contributed by atoms with E-state index in [0.717, 1.165) is 46.8 Å². The first-order valence-electron chi connectivity index (χ1n) is 5.98. The summed E-state index contributed by atoms with van der Waals surface area (Å²) >= 11 is 13.7. The second-order valence-corrected chi connectivity index (χ2v) is 6.55. The molecule has 0 bridgehead atoms. The topological polar surface area (TPSA) is 21.3 Å². The molecule has 0 aliphatic carbocycles. The first-order chi connectivity index (χ1) is 8.22. The SMILES string of the molecule is CCNC(c1cc(Cl)sc1Cl)C1CCOCC1. The van der Waals surface area contributed by atoms with E-state index in [-0.39, 0.29) is 0 Å². The Morgan fingerprint density at radius 1 is 1.47 bits per heavy atom. The highest BCUT2D eigenvalue weighted by molar-refractivity contribution is 7.20. The Morgan fingerprint density at radius 2 is 2.18 bits per heavy atom. The van der Waals surface area contributed by atoms with Gasteiger partial charge in [-0.3, -0.25) is 0 Å². The molecule has 0 spiro atoms. The highest BCUT2D eigenvalue weighted by atomic mass is 35.5. The summed E-state index contributed by atoms with van der Waals surface area (Å²) in [6.45, 7) is 4.75. The zero-order chi connectivity index (χ0) is 12.3. The number of thiophene rings is 1. The van der Waals surface area contributed by atoms with Crippen LogP contribution in [0.5, 0.6) is 0 Å². The van der Waals surface area contributed by atoms with E-state index >= 15 is 0 Å². The molecule has 0 radical (unpaired) electrons. The normalized spacial score (nSPS) is 19.5. The lowest BCUT2D eigenvalue weighted by molar-refractivity contribution is 0.0539. The van der Waals surface area contributed by atoms with E-state index in [1.54, 1.807) is 0 Å². The molecule has 2 rings (SSSR count). The van der Waals surface area contributed by atoms with Crippen molar-refractivity contribution in [1.29, 1.82) is 0 Å². The lowest BCUT2D eigenvalue weighted by atomic mass is 9.88. The Hall–Kier alpha value is 0.200. The van der Waals surface area contributed by atoms with E-state index in [1.807, 2.05) is 6.07 Å². The van der Waals surface area contributed by atoms with E-state index in [0.29, 0.717) is 12.0 Å². The van der Waals surface area contributed by atoms with Gasteiger partial charge in [-0.25, -0.2) is 0 Å². The van der Waals surface area contributed by atoms with Crippen molar-refractivity contribution in [3.8, 4) is 0 Å². The molecule has 5 heteroatoms. The summed E-state index contributed by atoms with van der Waals surface area (Å²) in [7, 11) is 0. The first kappa shape index (κ1) is 13.6. The number of hydrogen-bond donors (Lipinski definition) is 1. The van der Waals surface area contributed by atoms with Gasteiger partial charge >= 0.3 is 0 Å². The number of halogens is 2. The van der Waals surface area contributed by atoms with Gasteiger partial charge in [-0.1, -0.05) is 30.1 Å². The molecule has 1 aliphatic heterocycles. The van der Waals surface area contributed by atoms with Crippen LogP contribution < -0.4 is 5.32 Å². The van der Waals surface area contributed by atoms with E-state index in [2.05, 4.69) is 12.2 Å². The van der Waals surface area contributed by atoms with Crippen molar-refractivity contribution in [2.75, 3.05) is 19.8 Å². The molecule has 1 unspecified atom stereocenters. The summed E-state index contributed by atoms with van der Waals surface area (Å²) in [4.78, 5) is 0. The Morgan fingerprint density at radius 3 is 2.71 bits per heavy atom. The van der Waals surface area contributed by atoms with Gasteiger partial charge in [-0.2, -0.15) is 0 Å². The van der Waals surface area contributed by atoms with Crippen molar-refractivity contribution in [3.63, 3.8) is 0 Å². The van der Waals surface area contributed by atoms with Crippen LogP contribution in [0.2, 0.25) is 8.67 Å². The maximum Gasteiger partial charge on any atom is 0.0992 e. The highest BCUT2D eigenvalue weighted by Crippen LogP contribution is 2.39. The molecule has 1 saturated heterocycles. The monoisotopic (exact) mass is 293 g/mol. The lowest BCUT2D eigenvalue weighted by Crippen LogP contribution is -2.32. The standard InChI is InChI=1S/C12H17Cl2NOS/c1-2-15-11(8-3-5-16-6-4-8)9-7-10(13)17-12(9)14/h7-8,11,15H,2-6H2,1H3. The van der Waals surface area contributed by atoms with E-state index in [9.17, 15) is 0 Å². The van der Waals surface area contributed by atoms with Gasteiger partial charge in [0.2, 0.25) is 0 Å². The Labute approximate surface area is 116 Å². The third kappa shape index (κ3) is 3.36. The third-order valence-corrected chi connectivity index (χ3v) is 4.70. The van der Waals surface area contributed by atoms with Gasteiger partial charge in [-0.15, -0.1) is 11.3 Å². The van der Waals surface area contributed by atoms with Crippen LogP contribution in [-0.4, -0.2) is 19.8 Å². The molecule has 0 aromatic carbocycles. The van der Waals surface area contributed by atoms with Crippen molar-refractivity contribution in [2.24, 2.45) is 5.92 Å². The van der Waals surface area contributed by atoms with Gasteiger partial charge in [-0.05, 0) is 31.4 Å². The molecular weight excluding hydrogens is 277 g/mol. The zero-order valence-corrected chi connectivity index (χ0v) is 12.2. The maximum atomic E-state index is 6.26. The van der Waals surface area contributed by atoms with Crippen LogP contribution in [0.1, 0.15) is 31.4 Å². The van der Waals surface area contributed by atoms with Crippen molar-refractivity contribution < 1.29 is 4.74 Å². The molecule has 1 N–H and O–H groups in total. The van der Waals surface area contributed by atoms with Crippen LogP contribution in [0.3, 0.4) is 0 Å². The molecule has 17 heavy (non-hydrogen) atoms. The average Bonchev–Trinajstić information content (AvgIpc) is 2.66. The summed E-state index contributed by atoms with van der Waals surface area (Å²) in [5, 5.41) is 3.53. The minimum atomic E-state index is 0.306. The summed E-state index contributed by atoms with van der Waals surface area (Å²) in [6, 6.07) is 2.30. The predicted molar refractivity (Wildman–Crippen MR) is 74.3 cm³/mol. The molecule has 1 fully saturated rings. The van der Waals surface area contributed by atoms with Gasteiger partial charge in [0, 0.05) is 24.8 Å². The smallest absolute Gasteiger partial charge is 0.0992 e. The molecule has 0 amide bonds. The van der Waals surface area contributed by atoms with E-state index < -0.39 is 0 Å². The van der Waals surface area contributed by atoms with Crippen molar-refractivity contribution in [1.82, 2.24) is 5.32 Å². The minimum absolute atomic E-state index is 0.306. The Bertz CT molecular complexity index is 363. The quantitative estimate of drug-likeness (QED) is 0.901. The van der Waals surface area contributed by atoms with Crippen molar-refractivity contribution >= 4 is 34.5 Å². The molecule has 2 heterocycles. The van der Waals surface area contributed by atoms with Crippen LogP contribution in [0.15, 0.2) is 6.07 Å². The molecule has 1 aromatic rings. The van der Waals surface area contributed by atoms with Crippen LogP contribution in [0.4, 0.5) is 0 Å². The van der Waals surface area contributed by atoms with Crippen LogP contribution in [0, 0.1) is 5.92 Å². The fourth-order valence-corrected chi connectivity index (χ4v) is 3.91. The fourth-order valence-electron chi connectivity index (χ4n) is 2.36. The number of hydrogen-bond acceptors (Lipinski definition) is 3. The van der Waals surface area contributed by atoms with Gasteiger partial charge in [0.05, 0.1) is 8.67 Å². The Balaban J connectivity index is 2.18. The molecule has 2 nitrogen and oxygen atoms in total.